The third kappa shape index (κ3) is 1.24. The van der Waals surface area contributed by atoms with E-state index in [2.05, 4.69) is 12.6 Å². The first-order valence-corrected chi connectivity index (χ1v) is 6.13. The molecule has 74 valence electrons. The molecule has 0 radical (unpaired) electrons. The van der Waals surface area contributed by atoms with Gasteiger partial charge < -0.3 is 5.73 Å². The average Bonchev–Trinajstić information content (AvgIpc) is 2.38. The molecule has 0 aromatic heterocycles. The smallest absolute Gasteiger partial charge is 0.204 e. The summed E-state index contributed by atoms with van der Waals surface area (Å²) in [7, 11) is -3.31. The van der Waals surface area contributed by atoms with E-state index in [4.69, 9.17) is 5.73 Å². The van der Waals surface area contributed by atoms with Gasteiger partial charge in [-0.15, -0.1) is 0 Å². The van der Waals surface area contributed by atoms with E-state index in [1.165, 1.54) is 6.07 Å². The van der Waals surface area contributed by atoms with Crippen LogP contribution in [0.4, 0.5) is 5.69 Å². The second kappa shape index (κ2) is 3.03. The van der Waals surface area contributed by atoms with Crippen molar-refractivity contribution in [2.45, 2.75) is 4.90 Å². The number of nitrogen functional groups attached to an aromatic ring is 1. The van der Waals surface area contributed by atoms with Crippen molar-refractivity contribution < 1.29 is 8.42 Å². The lowest BCUT2D eigenvalue weighted by Gasteiger charge is -2.01. The zero-order valence-electron chi connectivity index (χ0n) is 7.27. The normalized spacial score (nSPS) is 17.6. The molecule has 0 atom stereocenters. The molecule has 2 rings (SSSR count). The minimum atomic E-state index is -3.31. The second-order valence-electron chi connectivity index (χ2n) is 3.07. The van der Waals surface area contributed by atoms with Gasteiger partial charge in [0, 0.05) is 11.4 Å². The summed E-state index contributed by atoms with van der Waals surface area (Å²) in [6, 6.07) is 4.88. The fourth-order valence-electron chi connectivity index (χ4n) is 1.43. The van der Waals surface area contributed by atoms with Gasteiger partial charge in [-0.05, 0) is 23.8 Å². The summed E-state index contributed by atoms with van der Waals surface area (Å²) in [5, 5.41) is 0. The number of nitrogens with two attached hydrogens (primary N) is 1. The molecule has 0 spiro atoms. The highest BCUT2D eigenvalue weighted by atomic mass is 32.2. The van der Waals surface area contributed by atoms with Crippen LogP contribution in [0.5, 0.6) is 0 Å². The van der Waals surface area contributed by atoms with Gasteiger partial charge >= 0.3 is 0 Å². The van der Waals surface area contributed by atoms with Crippen molar-refractivity contribution in [3.8, 4) is 0 Å². The Labute approximate surface area is 88.0 Å². The second-order valence-corrected chi connectivity index (χ2v) is 5.36. The standard InChI is InChI=1S/C9H9NO2S2/c10-7-2-1-6-3-8(5-13)14(11,12)9(6)4-7/h1-4,13H,5,10H2. The van der Waals surface area contributed by atoms with Gasteiger partial charge in [0.05, 0.1) is 9.80 Å². The molecule has 1 aliphatic heterocycles. The monoisotopic (exact) mass is 227 g/mol. The molecule has 0 aliphatic carbocycles. The maximum absolute atomic E-state index is 11.8. The zero-order valence-corrected chi connectivity index (χ0v) is 8.98. The average molecular weight is 227 g/mol. The van der Waals surface area contributed by atoms with E-state index >= 15 is 0 Å². The summed E-state index contributed by atoms with van der Waals surface area (Å²) in [5.74, 6) is 0.219. The number of benzene rings is 1. The van der Waals surface area contributed by atoms with E-state index in [9.17, 15) is 8.42 Å². The summed E-state index contributed by atoms with van der Waals surface area (Å²) in [4.78, 5) is 0.628. The highest BCUT2D eigenvalue weighted by Gasteiger charge is 2.28. The highest BCUT2D eigenvalue weighted by molar-refractivity contribution is 7.97. The molecule has 0 unspecified atom stereocenters. The van der Waals surface area contributed by atoms with Crippen molar-refractivity contribution in [2.24, 2.45) is 0 Å². The van der Waals surface area contributed by atoms with Gasteiger partial charge in [0.2, 0.25) is 9.84 Å². The van der Waals surface area contributed by atoms with E-state index < -0.39 is 9.84 Å². The van der Waals surface area contributed by atoms with Crippen LogP contribution in [0.15, 0.2) is 28.0 Å². The van der Waals surface area contributed by atoms with Crippen molar-refractivity contribution in [3.63, 3.8) is 0 Å². The lowest BCUT2D eigenvalue weighted by Crippen LogP contribution is -2.02. The Hall–Kier alpha value is -0.940. The van der Waals surface area contributed by atoms with E-state index in [0.29, 0.717) is 21.1 Å². The minimum Gasteiger partial charge on any atom is -0.399 e. The number of sulfone groups is 1. The van der Waals surface area contributed by atoms with Gasteiger partial charge in [-0.25, -0.2) is 8.42 Å². The largest absolute Gasteiger partial charge is 0.399 e. The summed E-state index contributed by atoms with van der Waals surface area (Å²) in [6.45, 7) is 0. The molecule has 3 nitrogen and oxygen atoms in total. The lowest BCUT2D eigenvalue weighted by atomic mass is 10.2. The Kier molecular flexibility index (Phi) is 2.08. The Bertz CT molecular complexity index is 518. The molecule has 1 heterocycles. The van der Waals surface area contributed by atoms with Crippen molar-refractivity contribution in [1.82, 2.24) is 0 Å². The lowest BCUT2D eigenvalue weighted by molar-refractivity contribution is 0.603. The molecular formula is C9H9NO2S2. The molecule has 1 aliphatic rings. The molecular weight excluding hydrogens is 218 g/mol. The molecule has 0 saturated heterocycles. The van der Waals surface area contributed by atoms with E-state index in [-0.39, 0.29) is 5.75 Å². The summed E-state index contributed by atoms with van der Waals surface area (Å²) < 4.78 is 23.6. The highest BCUT2D eigenvalue weighted by Crippen LogP contribution is 2.34. The molecule has 14 heavy (non-hydrogen) atoms. The van der Waals surface area contributed by atoms with Gasteiger partial charge in [-0.1, -0.05) is 6.07 Å². The van der Waals surface area contributed by atoms with Gasteiger partial charge in [-0.2, -0.15) is 12.6 Å². The quantitative estimate of drug-likeness (QED) is 0.562. The van der Waals surface area contributed by atoms with Crippen LogP contribution in [0.25, 0.3) is 6.08 Å². The number of rotatable bonds is 1. The van der Waals surface area contributed by atoms with Crippen LogP contribution < -0.4 is 5.73 Å². The van der Waals surface area contributed by atoms with Gasteiger partial charge in [0.25, 0.3) is 0 Å². The SMILES string of the molecule is Nc1ccc2c(c1)S(=O)(=O)C(CS)=C2. The van der Waals surface area contributed by atoms with Crippen LogP contribution in [0.2, 0.25) is 0 Å². The first-order chi connectivity index (χ1) is 6.55. The van der Waals surface area contributed by atoms with Gasteiger partial charge in [-0.3, -0.25) is 0 Å². The summed E-state index contributed by atoms with van der Waals surface area (Å²) >= 11 is 3.98. The fraction of sp³-hybridized carbons (Fsp3) is 0.111. The maximum Gasteiger partial charge on any atom is 0.204 e. The van der Waals surface area contributed by atoms with Crippen LogP contribution in [-0.4, -0.2) is 14.2 Å². The molecule has 0 amide bonds. The Morgan fingerprint density at radius 2 is 2.07 bits per heavy atom. The van der Waals surface area contributed by atoms with Crippen molar-refractivity contribution in [1.29, 1.82) is 0 Å². The molecule has 1 aromatic rings. The number of hydrogen-bond acceptors (Lipinski definition) is 4. The van der Waals surface area contributed by atoms with Crippen LogP contribution >= 0.6 is 12.6 Å². The van der Waals surface area contributed by atoms with E-state index in [1.54, 1.807) is 18.2 Å². The predicted molar refractivity (Wildman–Crippen MR) is 59.9 cm³/mol. The van der Waals surface area contributed by atoms with Crippen molar-refractivity contribution in [2.75, 3.05) is 11.5 Å². The molecule has 0 bridgehead atoms. The Balaban J connectivity index is 2.71. The van der Waals surface area contributed by atoms with E-state index in [0.717, 1.165) is 0 Å². The molecule has 0 fully saturated rings. The van der Waals surface area contributed by atoms with Gasteiger partial charge in [0.1, 0.15) is 0 Å². The molecule has 0 saturated carbocycles. The third-order valence-corrected chi connectivity index (χ3v) is 4.58. The Morgan fingerprint density at radius 1 is 1.36 bits per heavy atom. The third-order valence-electron chi connectivity index (χ3n) is 2.14. The van der Waals surface area contributed by atoms with Crippen LogP contribution in [0.1, 0.15) is 5.56 Å². The van der Waals surface area contributed by atoms with Crippen molar-refractivity contribution in [3.05, 3.63) is 28.7 Å². The topological polar surface area (TPSA) is 60.2 Å². The first kappa shape index (κ1) is 9.61. The maximum atomic E-state index is 11.8. The minimum absolute atomic E-state index is 0.219. The molecule has 5 heteroatoms. The number of hydrogen-bond donors (Lipinski definition) is 2. The molecule has 2 N–H and O–H groups in total. The number of fused-ring (bicyclic) bond motifs is 1. The van der Waals surface area contributed by atoms with Crippen LogP contribution in [0, 0.1) is 0 Å². The zero-order chi connectivity index (χ0) is 10.3. The summed E-state index contributed by atoms with van der Waals surface area (Å²) in [6.07, 6.45) is 1.64. The summed E-state index contributed by atoms with van der Waals surface area (Å²) in [5.41, 5.74) is 6.69. The molecule has 1 aromatic carbocycles. The van der Waals surface area contributed by atoms with E-state index in [1.807, 2.05) is 0 Å². The fourth-order valence-corrected chi connectivity index (χ4v) is 3.49. The number of thiol groups is 1. The van der Waals surface area contributed by atoms with Crippen LogP contribution in [0.3, 0.4) is 0 Å². The van der Waals surface area contributed by atoms with Crippen molar-refractivity contribution >= 4 is 34.2 Å². The van der Waals surface area contributed by atoms with Crippen LogP contribution in [-0.2, 0) is 9.84 Å². The Morgan fingerprint density at radius 3 is 2.71 bits per heavy atom. The van der Waals surface area contributed by atoms with Gasteiger partial charge in [0.15, 0.2) is 0 Å². The first-order valence-electron chi connectivity index (χ1n) is 4.02. The predicted octanol–water partition coefficient (Wildman–Crippen LogP) is 1.33. The number of anilines is 1.